The number of alkyl halides is 7. The normalized spacial score (nSPS) is 13.1. The minimum atomic E-state index is -6.17. The summed E-state index contributed by atoms with van der Waals surface area (Å²) in [4.78, 5) is 10.8. The lowest BCUT2D eigenvalue weighted by Gasteiger charge is -2.30. The maximum atomic E-state index is 13.9. The molecule has 124 valence electrons. The molecule has 0 bridgehead atoms. The second kappa shape index (κ2) is 5.98. The number of amides is 1. The van der Waals surface area contributed by atoms with Gasteiger partial charge in [0, 0.05) is 17.4 Å². The molecule has 2 nitrogen and oxygen atoms in total. The van der Waals surface area contributed by atoms with Gasteiger partial charge in [-0.1, -0.05) is 6.07 Å². The van der Waals surface area contributed by atoms with E-state index in [2.05, 4.69) is 5.32 Å². The van der Waals surface area contributed by atoms with Crippen molar-refractivity contribution in [2.45, 2.75) is 29.8 Å². The number of halogens is 7. The van der Waals surface area contributed by atoms with Crippen molar-refractivity contribution >= 4 is 23.4 Å². The van der Waals surface area contributed by atoms with Crippen molar-refractivity contribution in [3.05, 3.63) is 23.8 Å². The predicted molar refractivity (Wildman–Crippen MR) is 67.4 cm³/mol. The topological polar surface area (TPSA) is 29.1 Å². The Kier molecular flexibility index (Phi) is 5.05. The minimum absolute atomic E-state index is 0.00421. The second-order valence-corrected chi connectivity index (χ2v) is 5.10. The lowest BCUT2D eigenvalue weighted by molar-refractivity contribution is -0.348. The van der Waals surface area contributed by atoms with Crippen LogP contribution in [0.15, 0.2) is 23.1 Å². The standard InChI is InChI=1S/C12H10F7NOS/c1-6(21)20-8-4-3-7(5-9(8)22-2)10(13,11(14,15)16)12(17,18)19/h3-5H,1-2H3,(H,20,21). The number of hydrogen-bond donors (Lipinski definition) is 1. The van der Waals surface area contributed by atoms with E-state index in [1.54, 1.807) is 0 Å². The number of thioether (sulfide) groups is 1. The Bertz CT molecular complexity index is 554. The zero-order valence-corrected chi connectivity index (χ0v) is 12.0. The minimum Gasteiger partial charge on any atom is -0.325 e. The van der Waals surface area contributed by atoms with Crippen molar-refractivity contribution in [1.29, 1.82) is 0 Å². The molecule has 0 spiro atoms. The zero-order chi connectivity index (χ0) is 17.3. The summed E-state index contributed by atoms with van der Waals surface area (Å²) in [6.45, 7) is 1.11. The first-order valence-corrected chi connectivity index (χ1v) is 6.85. The predicted octanol–water partition coefficient (Wildman–Crippen LogP) is 4.66. The summed E-state index contributed by atoms with van der Waals surface area (Å²) < 4.78 is 89.9. The van der Waals surface area contributed by atoms with Gasteiger partial charge in [-0.25, -0.2) is 4.39 Å². The SMILES string of the molecule is CSc1cc(C(F)(C(F)(F)F)C(F)(F)F)ccc1NC(C)=O. The van der Waals surface area contributed by atoms with Crippen LogP contribution in [0.2, 0.25) is 0 Å². The van der Waals surface area contributed by atoms with Crippen molar-refractivity contribution in [2.75, 3.05) is 11.6 Å². The molecular weight excluding hydrogens is 339 g/mol. The molecule has 0 radical (unpaired) electrons. The fraction of sp³-hybridized carbons (Fsp3) is 0.417. The number of anilines is 1. The Balaban J connectivity index is 3.50. The molecule has 10 heteroatoms. The molecule has 0 unspecified atom stereocenters. The van der Waals surface area contributed by atoms with E-state index in [0.717, 1.165) is 24.8 Å². The molecule has 1 rings (SSSR count). The molecule has 0 saturated heterocycles. The Labute approximate surface area is 125 Å². The van der Waals surface area contributed by atoms with Gasteiger partial charge in [0.15, 0.2) is 0 Å². The van der Waals surface area contributed by atoms with E-state index in [1.165, 1.54) is 6.26 Å². The number of carbonyl (C=O) groups is 1. The van der Waals surface area contributed by atoms with Crippen LogP contribution >= 0.6 is 11.8 Å². The maximum absolute atomic E-state index is 13.9. The molecule has 0 saturated carbocycles. The summed E-state index contributed by atoms with van der Waals surface area (Å²) in [5, 5.41) is 2.24. The second-order valence-electron chi connectivity index (χ2n) is 4.25. The summed E-state index contributed by atoms with van der Waals surface area (Å²) >= 11 is 0.773. The van der Waals surface area contributed by atoms with E-state index in [4.69, 9.17) is 0 Å². The Morgan fingerprint density at radius 2 is 1.55 bits per heavy atom. The highest BCUT2D eigenvalue weighted by Gasteiger charge is 2.73. The van der Waals surface area contributed by atoms with Gasteiger partial charge in [0.05, 0.1) is 5.69 Å². The third-order valence-electron chi connectivity index (χ3n) is 2.69. The third-order valence-corrected chi connectivity index (χ3v) is 3.47. The maximum Gasteiger partial charge on any atom is 0.435 e. The molecule has 0 atom stereocenters. The van der Waals surface area contributed by atoms with E-state index in [0.29, 0.717) is 12.1 Å². The highest BCUT2D eigenvalue weighted by Crippen LogP contribution is 2.53. The summed E-state index contributed by atoms with van der Waals surface area (Å²) in [7, 11) is 0. The van der Waals surface area contributed by atoms with Crippen molar-refractivity contribution in [3.8, 4) is 0 Å². The lowest BCUT2D eigenvalue weighted by Crippen LogP contribution is -2.50. The molecule has 0 aliphatic carbocycles. The van der Waals surface area contributed by atoms with E-state index in [9.17, 15) is 35.5 Å². The first kappa shape index (κ1) is 18.6. The van der Waals surface area contributed by atoms with Gasteiger partial charge in [0.2, 0.25) is 5.91 Å². The van der Waals surface area contributed by atoms with Crippen LogP contribution < -0.4 is 5.32 Å². The first-order valence-electron chi connectivity index (χ1n) is 5.63. The van der Waals surface area contributed by atoms with E-state index in [1.807, 2.05) is 0 Å². The lowest BCUT2D eigenvalue weighted by atomic mass is 9.94. The van der Waals surface area contributed by atoms with Crippen molar-refractivity contribution < 1.29 is 35.5 Å². The largest absolute Gasteiger partial charge is 0.435 e. The van der Waals surface area contributed by atoms with Gasteiger partial charge in [-0.15, -0.1) is 11.8 Å². The van der Waals surface area contributed by atoms with Crippen molar-refractivity contribution in [2.24, 2.45) is 0 Å². The number of hydrogen-bond acceptors (Lipinski definition) is 2. The average molecular weight is 349 g/mol. The van der Waals surface area contributed by atoms with Gasteiger partial charge in [-0.3, -0.25) is 4.79 Å². The Morgan fingerprint density at radius 3 is 1.91 bits per heavy atom. The van der Waals surface area contributed by atoms with Crippen LogP contribution in [-0.4, -0.2) is 24.5 Å². The summed E-state index contributed by atoms with van der Waals surface area (Å²) in [6, 6.07) is 1.58. The molecule has 0 fully saturated rings. The van der Waals surface area contributed by atoms with Crippen LogP contribution in [-0.2, 0) is 10.5 Å². The molecule has 0 aliphatic heterocycles. The van der Waals surface area contributed by atoms with Crippen LogP contribution in [0.5, 0.6) is 0 Å². The highest BCUT2D eigenvalue weighted by atomic mass is 32.2. The third kappa shape index (κ3) is 3.31. The van der Waals surface area contributed by atoms with Crippen LogP contribution in [0.3, 0.4) is 0 Å². The molecule has 1 aromatic rings. The smallest absolute Gasteiger partial charge is 0.325 e. The highest BCUT2D eigenvalue weighted by molar-refractivity contribution is 7.98. The first-order chi connectivity index (χ1) is 9.84. The molecule has 0 aromatic heterocycles. The number of benzene rings is 1. The molecule has 1 N–H and O–H groups in total. The average Bonchev–Trinajstić information content (AvgIpc) is 2.34. The van der Waals surface area contributed by atoms with E-state index < -0.39 is 29.5 Å². The van der Waals surface area contributed by atoms with Crippen LogP contribution in [0.4, 0.5) is 36.4 Å². The number of rotatable bonds is 3. The van der Waals surface area contributed by atoms with Gasteiger partial charge in [-0.05, 0) is 18.4 Å². The van der Waals surface area contributed by atoms with E-state index >= 15 is 0 Å². The summed E-state index contributed by atoms with van der Waals surface area (Å²) in [6.07, 6.45) is -11.0. The van der Waals surface area contributed by atoms with Gasteiger partial charge in [0.25, 0.3) is 0 Å². The van der Waals surface area contributed by atoms with Gasteiger partial charge in [0.1, 0.15) is 0 Å². The zero-order valence-electron chi connectivity index (χ0n) is 11.2. The molecule has 22 heavy (non-hydrogen) atoms. The molecule has 1 amide bonds. The molecular formula is C12H10F7NOS. The monoisotopic (exact) mass is 349 g/mol. The van der Waals surface area contributed by atoms with Crippen molar-refractivity contribution in [1.82, 2.24) is 0 Å². The van der Waals surface area contributed by atoms with Gasteiger partial charge < -0.3 is 5.32 Å². The van der Waals surface area contributed by atoms with Gasteiger partial charge >= 0.3 is 18.0 Å². The molecule has 0 heterocycles. The molecule has 0 aliphatic rings. The molecule has 1 aromatic carbocycles. The fourth-order valence-corrected chi connectivity index (χ4v) is 2.27. The quantitative estimate of drug-likeness (QED) is 0.635. The van der Waals surface area contributed by atoms with Crippen LogP contribution in [0.25, 0.3) is 0 Å². The fourth-order valence-electron chi connectivity index (χ4n) is 1.69. The number of carbonyl (C=O) groups excluding carboxylic acids is 1. The Hall–Kier alpha value is -1.45. The van der Waals surface area contributed by atoms with Crippen LogP contribution in [0.1, 0.15) is 12.5 Å². The summed E-state index contributed by atoms with van der Waals surface area (Å²) in [5.74, 6) is -0.568. The van der Waals surface area contributed by atoms with Gasteiger partial charge in [-0.2, -0.15) is 26.3 Å². The summed E-state index contributed by atoms with van der Waals surface area (Å²) in [5.41, 5.74) is -7.08. The van der Waals surface area contributed by atoms with Crippen molar-refractivity contribution in [3.63, 3.8) is 0 Å². The van der Waals surface area contributed by atoms with E-state index in [-0.39, 0.29) is 10.6 Å². The number of nitrogens with one attached hydrogen (secondary N) is 1. The van der Waals surface area contributed by atoms with Crippen LogP contribution in [0, 0.1) is 0 Å². The Morgan fingerprint density at radius 1 is 1.05 bits per heavy atom.